The van der Waals surface area contributed by atoms with E-state index in [9.17, 15) is 4.79 Å². The van der Waals surface area contributed by atoms with Gasteiger partial charge in [0.25, 0.3) is 0 Å². The van der Waals surface area contributed by atoms with Crippen LogP contribution >= 0.6 is 0 Å². The first-order chi connectivity index (χ1) is 10.2. The van der Waals surface area contributed by atoms with E-state index in [0.717, 1.165) is 19.3 Å². The van der Waals surface area contributed by atoms with Gasteiger partial charge in [0.15, 0.2) is 0 Å². The van der Waals surface area contributed by atoms with Gasteiger partial charge in [0, 0.05) is 12.5 Å². The largest absolute Gasteiger partial charge is 0.353 e. The second kappa shape index (κ2) is 8.17. The minimum atomic E-state index is 0.0905. The molecule has 122 valence electrons. The van der Waals surface area contributed by atoms with Gasteiger partial charge >= 0.3 is 0 Å². The summed E-state index contributed by atoms with van der Waals surface area (Å²) in [6.45, 7) is 2.87. The summed E-state index contributed by atoms with van der Waals surface area (Å²) in [4.78, 5) is 12.5. The molecule has 2 fully saturated rings. The third-order valence-electron chi connectivity index (χ3n) is 5.89. The van der Waals surface area contributed by atoms with Gasteiger partial charge in [-0.25, -0.2) is 0 Å². The van der Waals surface area contributed by atoms with Crippen molar-refractivity contribution in [3.8, 4) is 0 Å². The second-order valence-corrected chi connectivity index (χ2v) is 7.42. The van der Waals surface area contributed by atoms with Crippen LogP contribution in [0.2, 0.25) is 0 Å². The lowest BCUT2D eigenvalue weighted by molar-refractivity contribution is -0.125. The van der Waals surface area contributed by atoms with Gasteiger partial charge in [-0.1, -0.05) is 45.4 Å². The van der Waals surface area contributed by atoms with Crippen LogP contribution in [0, 0.1) is 11.3 Å². The average molecular weight is 294 g/mol. The van der Waals surface area contributed by atoms with Crippen LogP contribution in [0.5, 0.6) is 0 Å². The van der Waals surface area contributed by atoms with Crippen molar-refractivity contribution in [2.75, 3.05) is 6.54 Å². The quantitative estimate of drug-likeness (QED) is 0.783. The van der Waals surface area contributed by atoms with E-state index in [-0.39, 0.29) is 11.3 Å². The molecule has 1 unspecified atom stereocenters. The number of nitrogens with two attached hydrogens (primary N) is 1. The Kier molecular flexibility index (Phi) is 6.53. The molecule has 2 saturated carbocycles. The Balaban J connectivity index is 1.86. The van der Waals surface area contributed by atoms with Crippen molar-refractivity contribution in [3.05, 3.63) is 0 Å². The van der Waals surface area contributed by atoms with Gasteiger partial charge in [-0.15, -0.1) is 0 Å². The monoisotopic (exact) mass is 294 g/mol. The Morgan fingerprint density at radius 1 is 1.14 bits per heavy atom. The molecule has 0 radical (unpaired) electrons. The number of carbonyl (C=O) groups is 1. The van der Waals surface area contributed by atoms with Crippen molar-refractivity contribution in [2.24, 2.45) is 17.1 Å². The molecule has 3 nitrogen and oxygen atoms in total. The molecule has 0 heterocycles. The van der Waals surface area contributed by atoms with Crippen LogP contribution in [0.3, 0.4) is 0 Å². The number of rotatable bonds is 6. The zero-order chi connectivity index (χ0) is 15.1. The lowest BCUT2D eigenvalue weighted by Crippen LogP contribution is -2.44. The van der Waals surface area contributed by atoms with E-state index in [1.807, 2.05) is 0 Å². The van der Waals surface area contributed by atoms with E-state index < -0.39 is 0 Å². The van der Waals surface area contributed by atoms with Gasteiger partial charge in [-0.2, -0.15) is 0 Å². The molecule has 21 heavy (non-hydrogen) atoms. The highest BCUT2D eigenvalue weighted by Gasteiger charge is 2.34. The van der Waals surface area contributed by atoms with E-state index in [1.165, 1.54) is 51.4 Å². The summed E-state index contributed by atoms with van der Waals surface area (Å²) in [5.41, 5.74) is 6.10. The van der Waals surface area contributed by atoms with E-state index >= 15 is 0 Å². The highest BCUT2D eigenvalue weighted by Crippen LogP contribution is 2.38. The fourth-order valence-electron chi connectivity index (χ4n) is 4.44. The summed E-state index contributed by atoms with van der Waals surface area (Å²) >= 11 is 0. The Morgan fingerprint density at radius 3 is 2.33 bits per heavy atom. The summed E-state index contributed by atoms with van der Waals surface area (Å²) in [7, 11) is 0. The van der Waals surface area contributed by atoms with E-state index in [4.69, 9.17) is 5.73 Å². The molecule has 0 saturated heterocycles. The molecular formula is C18H34N2O. The fourth-order valence-corrected chi connectivity index (χ4v) is 4.44. The van der Waals surface area contributed by atoms with Crippen LogP contribution < -0.4 is 11.1 Å². The Morgan fingerprint density at radius 2 is 1.76 bits per heavy atom. The number of nitrogens with one attached hydrogen (secondary N) is 1. The Bertz CT molecular complexity index is 317. The first-order valence-electron chi connectivity index (χ1n) is 9.18. The van der Waals surface area contributed by atoms with Crippen LogP contribution in [0.25, 0.3) is 0 Å². The maximum Gasteiger partial charge on any atom is 0.220 e. The van der Waals surface area contributed by atoms with Gasteiger partial charge in [0.05, 0.1) is 0 Å². The standard InChI is InChI=1S/C18H34N2O/c1-2-16(15-9-5-3-6-10-15)20-17(21)13-18(14-19)11-7-4-8-12-18/h15-16H,2-14,19H2,1H3,(H,20,21). The number of hydrogen-bond donors (Lipinski definition) is 2. The highest BCUT2D eigenvalue weighted by molar-refractivity contribution is 5.77. The normalized spacial score (nSPS) is 24.5. The van der Waals surface area contributed by atoms with Gasteiger partial charge in [-0.3, -0.25) is 4.79 Å². The Hall–Kier alpha value is -0.570. The molecule has 2 aliphatic carbocycles. The van der Waals surface area contributed by atoms with Crippen LogP contribution in [0.4, 0.5) is 0 Å². The lowest BCUT2D eigenvalue weighted by atomic mass is 9.71. The molecule has 1 atom stereocenters. The summed E-state index contributed by atoms with van der Waals surface area (Å²) in [5, 5.41) is 3.35. The van der Waals surface area contributed by atoms with Gasteiger partial charge in [0.2, 0.25) is 5.91 Å². The number of amides is 1. The van der Waals surface area contributed by atoms with Crippen LogP contribution in [0.15, 0.2) is 0 Å². The molecular weight excluding hydrogens is 260 g/mol. The van der Waals surface area contributed by atoms with Crippen LogP contribution in [-0.2, 0) is 4.79 Å². The number of carbonyl (C=O) groups excluding carboxylic acids is 1. The Labute approximate surface area is 130 Å². The molecule has 0 aromatic heterocycles. The average Bonchev–Trinajstić information content (AvgIpc) is 2.54. The zero-order valence-corrected chi connectivity index (χ0v) is 13.8. The third kappa shape index (κ3) is 4.70. The minimum absolute atomic E-state index is 0.0905. The second-order valence-electron chi connectivity index (χ2n) is 7.42. The van der Waals surface area contributed by atoms with Crippen molar-refractivity contribution in [2.45, 2.75) is 90.0 Å². The molecule has 0 bridgehead atoms. The molecule has 3 N–H and O–H groups in total. The van der Waals surface area contributed by atoms with Crippen molar-refractivity contribution >= 4 is 5.91 Å². The summed E-state index contributed by atoms with van der Waals surface area (Å²) < 4.78 is 0. The predicted octanol–water partition coefficient (Wildman–Crippen LogP) is 3.76. The zero-order valence-electron chi connectivity index (χ0n) is 13.8. The van der Waals surface area contributed by atoms with Crippen molar-refractivity contribution < 1.29 is 4.79 Å². The summed E-state index contributed by atoms with van der Waals surface area (Å²) in [6.07, 6.45) is 14.4. The van der Waals surface area contributed by atoms with E-state index in [0.29, 0.717) is 24.9 Å². The molecule has 3 heteroatoms. The molecule has 0 aromatic rings. The first kappa shape index (κ1) is 16.8. The first-order valence-corrected chi connectivity index (χ1v) is 9.18. The number of hydrogen-bond acceptors (Lipinski definition) is 2. The fraction of sp³-hybridized carbons (Fsp3) is 0.944. The van der Waals surface area contributed by atoms with Crippen molar-refractivity contribution in [1.82, 2.24) is 5.32 Å². The maximum atomic E-state index is 12.5. The van der Waals surface area contributed by atoms with E-state index in [1.54, 1.807) is 0 Å². The maximum absolute atomic E-state index is 12.5. The molecule has 0 aliphatic heterocycles. The molecule has 0 aromatic carbocycles. The van der Waals surface area contributed by atoms with Crippen molar-refractivity contribution in [1.29, 1.82) is 0 Å². The van der Waals surface area contributed by atoms with Gasteiger partial charge in [0.1, 0.15) is 0 Å². The lowest BCUT2D eigenvalue weighted by Gasteiger charge is -2.37. The smallest absolute Gasteiger partial charge is 0.220 e. The predicted molar refractivity (Wildman–Crippen MR) is 88.0 cm³/mol. The van der Waals surface area contributed by atoms with E-state index in [2.05, 4.69) is 12.2 Å². The third-order valence-corrected chi connectivity index (χ3v) is 5.89. The molecule has 1 amide bonds. The minimum Gasteiger partial charge on any atom is -0.353 e. The SMILES string of the molecule is CCC(NC(=O)CC1(CN)CCCCC1)C1CCCCC1. The van der Waals surface area contributed by atoms with Crippen LogP contribution in [-0.4, -0.2) is 18.5 Å². The molecule has 2 rings (SSSR count). The van der Waals surface area contributed by atoms with Gasteiger partial charge < -0.3 is 11.1 Å². The molecule has 0 spiro atoms. The van der Waals surface area contributed by atoms with Crippen molar-refractivity contribution in [3.63, 3.8) is 0 Å². The summed E-state index contributed by atoms with van der Waals surface area (Å²) in [5.74, 6) is 0.952. The summed E-state index contributed by atoms with van der Waals surface area (Å²) in [6, 6.07) is 0.385. The topological polar surface area (TPSA) is 55.1 Å². The van der Waals surface area contributed by atoms with Crippen LogP contribution in [0.1, 0.15) is 84.0 Å². The van der Waals surface area contributed by atoms with Gasteiger partial charge in [-0.05, 0) is 50.0 Å². The highest BCUT2D eigenvalue weighted by atomic mass is 16.1. The molecule has 2 aliphatic rings.